The van der Waals surface area contributed by atoms with Crippen LogP contribution in [0.15, 0.2) is 41.0 Å². The Morgan fingerprint density at radius 1 is 1.32 bits per heavy atom. The molecule has 0 aliphatic heterocycles. The fraction of sp³-hybridized carbons (Fsp3) is 0.250. The Labute approximate surface area is 127 Å². The number of hydrogen-bond acceptors (Lipinski definition) is 4. The summed E-state index contributed by atoms with van der Waals surface area (Å²) < 4.78 is 10.1. The van der Waals surface area contributed by atoms with Crippen LogP contribution in [-0.2, 0) is 0 Å². The van der Waals surface area contributed by atoms with Gasteiger partial charge < -0.3 is 19.6 Å². The smallest absolute Gasteiger partial charge is 0.338 e. The van der Waals surface area contributed by atoms with E-state index in [1.54, 1.807) is 7.11 Å². The van der Waals surface area contributed by atoms with Gasteiger partial charge in [-0.25, -0.2) is 4.79 Å². The van der Waals surface area contributed by atoms with E-state index in [0.717, 1.165) is 17.6 Å². The number of carbonyl (C=O) groups is 2. The molecule has 1 aromatic heterocycles. The molecule has 1 unspecified atom stereocenters. The molecule has 0 radical (unpaired) electrons. The minimum Gasteiger partial charge on any atom is -0.497 e. The molecule has 0 aliphatic carbocycles. The molecule has 6 nitrogen and oxygen atoms in total. The SMILES string of the molecule is CCC(NC(=O)c1cc(C(=O)O)co1)c1ccc(OC)cc1. The van der Waals surface area contributed by atoms with Crippen molar-refractivity contribution in [1.82, 2.24) is 5.32 Å². The van der Waals surface area contributed by atoms with Crippen molar-refractivity contribution < 1.29 is 23.8 Å². The number of carboxylic acid groups (broad SMARTS) is 1. The van der Waals surface area contributed by atoms with E-state index in [4.69, 9.17) is 14.3 Å². The lowest BCUT2D eigenvalue weighted by molar-refractivity contribution is 0.0695. The summed E-state index contributed by atoms with van der Waals surface area (Å²) in [6.07, 6.45) is 1.73. The van der Waals surface area contributed by atoms with Gasteiger partial charge in [0.2, 0.25) is 0 Å². The van der Waals surface area contributed by atoms with E-state index in [9.17, 15) is 9.59 Å². The molecule has 0 saturated heterocycles. The number of nitrogens with one attached hydrogen (secondary N) is 1. The number of amides is 1. The predicted octanol–water partition coefficient (Wildman–Crippen LogP) is 2.87. The summed E-state index contributed by atoms with van der Waals surface area (Å²) in [7, 11) is 1.59. The first kappa shape index (κ1) is 15.6. The van der Waals surface area contributed by atoms with Crippen LogP contribution in [0.1, 0.15) is 45.9 Å². The summed E-state index contributed by atoms with van der Waals surface area (Å²) in [4.78, 5) is 22.9. The lowest BCUT2D eigenvalue weighted by Crippen LogP contribution is -2.27. The van der Waals surface area contributed by atoms with Gasteiger partial charge in [0.15, 0.2) is 5.76 Å². The molecular formula is C16H17NO5. The van der Waals surface area contributed by atoms with Gasteiger partial charge in [0.25, 0.3) is 5.91 Å². The zero-order chi connectivity index (χ0) is 16.1. The third-order valence-electron chi connectivity index (χ3n) is 3.30. The topological polar surface area (TPSA) is 88.8 Å². The Bertz CT molecular complexity index is 659. The molecule has 0 aliphatic rings. The summed E-state index contributed by atoms with van der Waals surface area (Å²) in [5.41, 5.74) is 0.879. The fourth-order valence-electron chi connectivity index (χ4n) is 2.05. The Hall–Kier alpha value is -2.76. The zero-order valence-electron chi connectivity index (χ0n) is 12.3. The second kappa shape index (κ2) is 6.80. The monoisotopic (exact) mass is 303 g/mol. The first-order valence-electron chi connectivity index (χ1n) is 6.81. The summed E-state index contributed by atoms with van der Waals surface area (Å²) in [6.45, 7) is 1.94. The maximum atomic E-state index is 12.1. The van der Waals surface area contributed by atoms with Crippen LogP contribution in [0.2, 0.25) is 0 Å². The number of methoxy groups -OCH3 is 1. The van der Waals surface area contributed by atoms with Crippen LogP contribution >= 0.6 is 0 Å². The average molecular weight is 303 g/mol. The van der Waals surface area contributed by atoms with E-state index in [1.165, 1.54) is 6.07 Å². The highest BCUT2D eigenvalue weighted by Gasteiger charge is 2.18. The number of rotatable bonds is 6. The van der Waals surface area contributed by atoms with Crippen LogP contribution in [-0.4, -0.2) is 24.1 Å². The molecule has 0 saturated carbocycles. The third-order valence-corrected chi connectivity index (χ3v) is 3.30. The largest absolute Gasteiger partial charge is 0.497 e. The lowest BCUT2D eigenvalue weighted by Gasteiger charge is -2.17. The summed E-state index contributed by atoms with van der Waals surface area (Å²) >= 11 is 0. The maximum absolute atomic E-state index is 12.1. The van der Waals surface area contributed by atoms with Crippen molar-refractivity contribution in [2.24, 2.45) is 0 Å². The fourth-order valence-corrected chi connectivity index (χ4v) is 2.05. The Morgan fingerprint density at radius 3 is 2.50 bits per heavy atom. The highest BCUT2D eigenvalue weighted by molar-refractivity contribution is 5.95. The minimum atomic E-state index is -1.13. The Morgan fingerprint density at radius 2 is 2.00 bits per heavy atom. The average Bonchev–Trinajstić information content (AvgIpc) is 3.03. The normalized spacial score (nSPS) is 11.7. The van der Waals surface area contributed by atoms with Crippen molar-refractivity contribution >= 4 is 11.9 Å². The number of benzene rings is 1. The molecule has 2 aromatic rings. The summed E-state index contributed by atoms with van der Waals surface area (Å²) in [5.74, 6) is -0.869. The second-order valence-corrected chi connectivity index (χ2v) is 4.71. The van der Waals surface area contributed by atoms with Crippen molar-refractivity contribution in [3.8, 4) is 5.75 Å². The number of furan rings is 1. The molecular weight excluding hydrogens is 286 g/mol. The van der Waals surface area contributed by atoms with Gasteiger partial charge in [0.1, 0.15) is 12.0 Å². The third kappa shape index (κ3) is 3.46. The van der Waals surface area contributed by atoms with E-state index >= 15 is 0 Å². The number of carboxylic acids is 1. The van der Waals surface area contributed by atoms with Crippen molar-refractivity contribution in [3.63, 3.8) is 0 Å². The first-order valence-corrected chi connectivity index (χ1v) is 6.81. The Kier molecular flexibility index (Phi) is 4.83. The number of ether oxygens (including phenoxy) is 1. The van der Waals surface area contributed by atoms with Crippen LogP contribution in [0, 0.1) is 0 Å². The standard InChI is InChI=1S/C16H17NO5/c1-3-13(10-4-6-12(21-2)7-5-10)17-15(18)14-8-11(9-22-14)16(19)20/h4-9,13H,3H2,1-2H3,(H,17,18)(H,19,20). The molecule has 1 aromatic carbocycles. The van der Waals surface area contributed by atoms with E-state index in [2.05, 4.69) is 5.32 Å². The van der Waals surface area contributed by atoms with Gasteiger partial charge in [-0.05, 0) is 24.1 Å². The highest BCUT2D eigenvalue weighted by Crippen LogP contribution is 2.21. The number of aromatic carboxylic acids is 1. The molecule has 1 amide bonds. The van der Waals surface area contributed by atoms with Gasteiger partial charge in [-0.3, -0.25) is 4.79 Å². The summed E-state index contributed by atoms with van der Waals surface area (Å²) in [5, 5.41) is 11.7. The van der Waals surface area contributed by atoms with Crippen molar-refractivity contribution in [1.29, 1.82) is 0 Å². The molecule has 2 N–H and O–H groups in total. The first-order chi connectivity index (χ1) is 10.5. The minimum absolute atomic E-state index is 0.0237. The molecule has 0 spiro atoms. The van der Waals surface area contributed by atoms with Gasteiger partial charge in [-0.1, -0.05) is 19.1 Å². The van der Waals surface area contributed by atoms with Crippen molar-refractivity contribution in [2.75, 3.05) is 7.11 Å². The quantitative estimate of drug-likeness (QED) is 0.856. The van der Waals surface area contributed by atoms with Crippen LogP contribution in [0.5, 0.6) is 5.75 Å². The zero-order valence-corrected chi connectivity index (χ0v) is 12.3. The van der Waals surface area contributed by atoms with Gasteiger partial charge in [-0.15, -0.1) is 0 Å². The summed E-state index contributed by atoms with van der Waals surface area (Å²) in [6, 6.07) is 8.39. The molecule has 22 heavy (non-hydrogen) atoms. The van der Waals surface area contributed by atoms with Crippen LogP contribution in [0.4, 0.5) is 0 Å². The van der Waals surface area contributed by atoms with Crippen LogP contribution in [0.3, 0.4) is 0 Å². The van der Waals surface area contributed by atoms with Crippen LogP contribution < -0.4 is 10.1 Å². The van der Waals surface area contributed by atoms with Gasteiger partial charge in [-0.2, -0.15) is 0 Å². The molecule has 6 heteroatoms. The molecule has 1 heterocycles. The van der Waals surface area contributed by atoms with E-state index in [1.807, 2.05) is 31.2 Å². The van der Waals surface area contributed by atoms with Crippen molar-refractivity contribution in [2.45, 2.75) is 19.4 Å². The predicted molar refractivity (Wildman–Crippen MR) is 79.2 cm³/mol. The lowest BCUT2D eigenvalue weighted by atomic mass is 10.0. The van der Waals surface area contributed by atoms with Gasteiger partial charge in [0, 0.05) is 6.07 Å². The molecule has 0 fully saturated rings. The van der Waals surface area contributed by atoms with Crippen molar-refractivity contribution in [3.05, 3.63) is 53.5 Å². The molecule has 1 atom stereocenters. The number of hydrogen-bond donors (Lipinski definition) is 2. The van der Waals surface area contributed by atoms with Gasteiger partial charge >= 0.3 is 5.97 Å². The van der Waals surface area contributed by atoms with E-state index in [0.29, 0.717) is 6.42 Å². The molecule has 2 rings (SSSR count). The van der Waals surface area contributed by atoms with E-state index in [-0.39, 0.29) is 17.4 Å². The molecule has 0 bridgehead atoms. The highest BCUT2D eigenvalue weighted by atomic mass is 16.5. The van der Waals surface area contributed by atoms with Gasteiger partial charge in [0.05, 0.1) is 18.7 Å². The maximum Gasteiger partial charge on any atom is 0.338 e. The number of carbonyl (C=O) groups excluding carboxylic acids is 1. The molecule has 116 valence electrons. The van der Waals surface area contributed by atoms with E-state index < -0.39 is 11.9 Å². The van der Waals surface area contributed by atoms with Crippen LogP contribution in [0.25, 0.3) is 0 Å². The second-order valence-electron chi connectivity index (χ2n) is 4.71. The Balaban J connectivity index is 2.10.